The fraction of sp³-hybridized carbons (Fsp3) is 0.263. The molecule has 4 nitrogen and oxygen atoms in total. The Hall–Kier alpha value is -2.32. The standard InChI is InChI=1S/C19H17ClF3N3OS/c20-16-7-6-13(10-15(16)19(21,22)23)25-18(28)24-11-12-3-1-4-14(9-12)26-8-2-5-17(26)27/h1,3-4,6-7,9-10H,2,5,8,11H2,(H2,24,25,28). The molecule has 1 saturated heterocycles. The van der Waals surface area contributed by atoms with E-state index in [9.17, 15) is 18.0 Å². The molecule has 0 radical (unpaired) electrons. The molecule has 28 heavy (non-hydrogen) atoms. The van der Waals surface area contributed by atoms with Crippen LogP contribution in [0, 0.1) is 0 Å². The third-order valence-electron chi connectivity index (χ3n) is 4.28. The summed E-state index contributed by atoms with van der Waals surface area (Å²) < 4.78 is 38.8. The number of thiocarbonyl (C=S) groups is 1. The lowest BCUT2D eigenvalue weighted by Gasteiger charge is -2.17. The van der Waals surface area contributed by atoms with Crippen LogP contribution in [0.2, 0.25) is 5.02 Å². The van der Waals surface area contributed by atoms with Crippen molar-refractivity contribution in [3.8, 4) is 0 Å². The number of anilines is 2. The lowest BCUT2D eigenvalue weighted by molar-refractivity contribution is -0.137. The second kappa shape index (κ2) is 8.36. The van der Waals surface area contributed by atoms with Crippen LogP contribution in [0.1, 0.15) is 24.0 Å². The van der Waals surface area contributed by atoms with Crippen molar-refractivity contribution in [3.05, 3.63) is 58.6 Å². The Morgan fingerprint density at radius 1 is 1.21 bits per heavy atom. The first-order valence-electron chi connectivity index (χ1n) is 8.55. The van der Waals surface area contributed by atoms with Crippen LogP contribution in [-0.2, 0) is 17.5 Å². The van der Waals surface area contributed by atoms with E-state index in [2.05, 4.69) is 10.6 Å². The number of hydrogen-bond donors (Lipinski definition) is 2. The van der Waals surface area contributed by atoms with Crippen molar-refractivity contribution in [2.45, 2.75) is 25.6 Å². The summed E-state index contributed by atoms with van der Waals surface area (Å²) >= 11 is 10.8. The summed E-state index contributed by atoms with van der Waals surface area (Å²) in [4.78, 5) is 13.6. The maximum absolute atomic E-state index is 12.9. The first kappa shape index (κ1) is 20.4. The summed E-state index contributed by atoms with van der Waals surface area (Å²) in [6.45, 7) is 1.06. The predicted octanol–water partition coefficient (Wildman–Crippen LogP) is 4.97. The minimum atomic E-state index is -4.54. The van der Waals surface area contributed by atoms with E-state index >= 15 is 0 Å². The van der Waals surface area contributed by atoms with Crippen LogP contribution in [0.15, 0.2) is 42.5 Å². The van der Waals surface area contributed by atoms with Crippen LogP contribution in [0.3, 0.4) is 0 Å². The van der Waals surface area contributed by atoms with Gasteiger partial charge in [0.15, 0.2) is 5.11 Å². The van der Waals surface area contributed by atoms with Crippen molar-refractivity contribution in [1.82, 2.24) is 5.32 Å². The molecule has 0 spiro atoms. The molecule has 0 atom stereocenters. The second-order valence-electron chi connectivity index (χ2n) is 6.32. The molecule has 1 heterocycles. The van der Waals surface area contributed by atoms with Gasteiger partial charge in [0.25, 0.3) is 0 Å². The zero-order chi connectivity index (χ0) is 20.3. The second-order valence-corrected chi connectivity index (χ2v) is 7.13. The van der Waals surface area contributed by atoms with E-state index in [4.69, 9.17) is 23.8 Å². The van der Waals surface area contributed by atoms with Crippen LogP contribution >= 0.6 is 23.8 Å². The van der Waals surface area contributed by atoms with Crippen LogP contribution in [0.25, 0.3) is 0 Å². The Bertz CT molecular complexity index is 904. The van der Waals surface area contributed by atoms with Crippen molar-refractivity contribution in [2.75, 3.05) is 16.8 Å². The van der Waals surface area contributed by atoms with E-state index in [0.717, 1.165) is 23.7 Å². The SMILES string of the molecule is O=C1CCCN1c1cccc(CNC(=S)Nc2ccc(Cl)c(C(F)(F)F)c2)c1. The van der Waals surface area contributed by atoms with Gasteiger partial charge < -0.3 is 15.5 Å². The van der Waals surface area contributed by atoms with E-state index in [-0.39, 0.29) is 21.7 Å². The van der Waals surface area contributed by atoms with Crippen molar-refractivity contribution in [3.63, 3.8) is 0 Å². The topological polar surface area (TPSA) is 44.4 Å². The minimum Gasteiger partial charge on any atom is -0.358 e. The summed E-state index contributed by atoms with van der Waals surface area (Å²) in [5.74, 6) is 0.102. The normalized spacial score (nSPS) is 14.3. The van der Waals surface area contributed by atoms with Crippen LogP contribution in [0.5, 0.6) is 0 Å². The number of carbonyl (C=O) groups excluding carboxylic acids is 1. The molecule has 2 N–H and O–H groups in total. The first-order chi connectivity index (χ1) is 13.2. The molecule has 0 bridgehead atoms. The Morgan fingerprint density at radius 3 is 2.68 bits per heavy atom. The molecule has 2 aromatic rings. The molecule has 0 aromatic heterocycles. The highest BCUT2D eigenvalue weighted by Crippen LogP contribution is 2.36. The zero-order valence-corrected chi connectivity index (χ0v) is 16.2. The number of alkyl halides is 3. The van der Waals surface area contributed by atoms with Crippen molar-refractivity contribution >= 4 is 46.2 Å². The van der Waals surface area contributed by atoms with Crippen LogP contribution in [0.4, 0.5) is 24.5 Å². The summed E-state index contributed by atoms with van der Waals surface area (Å²) in [5.41, 5.74) is 0.984. The number of halogens is 4. The van der Waals surface area contributed by atoms with Crippen molar-refractivity contribution < 1.29 is 18.0 Å². The molecule has 1 amide bonds. The number of hydrogen-bond acceptors (Lipinski definition) is 2. The average Bonchev–Trinajstić information content (AvgIpc) is 3.07. The molecule has 3 rings (SSSR count). The number of carbonyl (C=O) groups is 1. The Kier molecular flexibility index (Phi) is 6.10. The van der Waals surface area contributed by atoms with E-state index < -0.39 is 11.7 Å². The number of amides is 1. The van der Waals surface area contributed by atoms with Gasteiger partial charge in [-0.25, -0.2) is 0 Å². The van der Waals surface area contributed by atoms with Crippen molar-refractivity contribution in [2.24, 2.45) is 0 Å². The molecule has 9 heteroatoms. The molecule has 0 aliphatic carbocycles. The van der Waals surface area contributed by atoms with Crippen LogP contribution < -0.4 is 15.5 Å². The van der Waals surface area contributed by atoms with E-state index in [1.165, 1.54) is 12.1 Å². The number of nitrogens with one attached hydrogen (secondary N) is 2. The summed E-state index contributed by atoms with van der Waals surface area (Å²) in [7, 11) is 0. The van der Waals surface area contributed by atoms with Gasteiger partial charge >= 0.3 is 6.18 Å². The highest BCUT2D eigenvalue weighted by atomic mass is 35.5. The van der Waals surface area contributed by atoms with Gasteiger partial charge in [-0.15, -0.1) is 0 Å². The quantitative estimate of drug-likeness (QED) is 0.676. The van der Waals surface area contributed by atoms with E-state index in [1.807, 2.05) is 24.3 Å². The molecule has 0 unspecified atom stereocenters. The maximum Gasteiger partial charge on any atom is 0.417 e. The van der Waals surface area contributed by atoms with Crippen LogP contribution in [-0.4, -0.2) is 17.6 Å². The maximum atomic E-state index is 12.9. The van der Waals surface area contributed by atoms with Gasteiger partial charge in [0.05, 0.1) is 10.6 Å². The lowest BCUT2D eigenvalue weighted by atomic mass is 10.2. The molecule has 2 aromatic carbocycles. The highest BCUT2D eigenvalue weighted by molar-refractivity contribution is 7.80. The van der Waals surface area contributed by atoms with Gasteiger partial charge in [0.1, 0.15) is 0 Å². The van der Waals surface area contributed by atoms with Gasteiger partial charge in [-0.05, 0) is 54.5 Å². The number of benzene rings is 2. The van der Waals surface area contributed by atoms with Gasteiger partial charge in [0.2, 0.25) is 5.91 Å². The van der Waals surface area contributed by atoms with E-state index in [0.29, 0.717) is 19.5 Å². The third kappa shape index (κ3) is 4.94. The average molecular weight is 428 g/mol. The van der Waals surface area contributed by atoms with Gasteiger partial charge in [-0.3, -0.25) is 4.79 Å². The molecule has 148 valence electrons. The Balaban J connectivity index is 1.61. The third-order valence-corrected chi connectivity index (χ3v) is 4.85. The van der Waals surface area contributed by atoms with Gasteiger partial charge in [0, 0.05) is 30.9 Å². The molecule has 1 aliphatic heterocycles. The predicted molar refractivity (Wildman–Crippen MR) is 108 cm³/mol. The summed E-state index contributed by atoms with van der Waals surface area (Å²) in [6, 6.07) is 11.0. The van der Waals surface area contributed by atoms with E-state index in [1.54, 1.807) is 4.90 Å². The Morgan fingerprint density at radius 2 is 2.00 bits per heavy atom. The highest BCUT2D eigenvalue weighted by Gasteiger charge is 2.33. The molecular weight excluding hydrogens is 411 g/mol. The Labute approximate surface area is 170 Å². The first-order valence-corrected chi connectivity index (χ1v) is 9.33. The fourth-order valence-corrected chi connectivity index (χ4v) is 3.35. The number of nitrogens with zero attached hydrogens (tertiary/aromatic N) is 1. The molecule has 0 saturated carbocycles. The van der Waals surface area contributed by atoms with Crippen molar-refractivity contribution in [1.29, 1.82) is 0 Å². The lowest BCUT2D eigenvalue weighted by Crippen LogP contribution is -2.28. The summed E-state index contributed by atoms with van der Waals surface area (Å²) in [6.07, 6.45) is -3.15. The van der Waals surface area contributed by atoms with Gasteiger partial charge in [-0.2, -0.15) is 13.2 Å². The molecule has 1 aliphatic rings. The zero-order valence-electron chi connectivity index (χ0n) is 14.6. The minimum absolute atomic E-state index is 0.102. The molecular formula is C19H17ClF3N3OS. The monoisotopic (exact) mass is 427 g/mol. The number of rotatable bonds is 4. The van der Waals surface area contributed by atoms with Gasteiger partial charge in [-0.1, -0.05) is 23.7 Å². The largest absolute Gasteiger partial charge is 0.417 e. The molecule has 1 fully saturated rings. The fourth-order valence-electron chi connectivity index (χ4n) is 2.93. The summed E-state index contributed by atoms with van der Waals surface area (Å²) in [5, 5.41) is 5.49. The smallest absolute Gasteiger partial charge is 0.358 e.